The zero-order valence-electron chi connectivity index (χ0n) is 15.4. The molecule has 0 radical (unpaired) electrons. The molecule has 0 aliphatic heterocycles. The van der Waals surface area contributed by atoms with Gasteiger partial charge in [0.1, 0.15) is 5.76 Å². The van der Waals surface area contributed by atoms with Gasteiger partial charge in [-0.25, -0.2) is 13.1 Å². The van der Waals surface area contributed by atoms with Crippen LogP contribution in [0, 0.1) is 0 Å². The molecule has 0 unspecified atom stereocenters. The number of sulfonamides is 1. The molecule has 3 aromatic rings. The molecule has 0 saturated carbocycles. The van der Waals surface area contributed by atoms with Crippen LogP contribution >= 0.6 is 23.2 Å². The first-order valence-corrected chi connectivity index (χ1v) is 10.9. The number of furan rings is 1. The lowest BCUT2D eigenvalue weighted by atomic mass is 10.1. The summed E-state index contributed by atoms with van der Waals surface area (Å²) in [5.41, 5.74) is 1.05. The van der Waals surface area contributed by atoms with Crippen molar-refractivity contribution in [3.8, 4) is 0 Å². The molecule has 9 heteroatoms. The molecule has 0 fully saturated rings. The number of halogens is 2. The second-order valence-electron chi connectivity index (χ2n) is 6.29. The molecule has 0 saturated heterocycles. The first-order chi connectivity index (χ1) is 13.8. The number of carbonyl (C=O) groups is 1. The molecular weight excluding hydrogens is 435 g/mol. The van der Waals surface area contributed by atoms with Crippen molar-refractivity contribution in [2.45, 2.75) is 24.4 Å². The summed E-state index contributed by atoms with van der Waals surface area (Å²) < 4.78 is 32.3. The average molecular weight is 453 g/mol. The van der Waals surface area contributed by atoms with E-state index in [2.05, 4.69) is 10.0 Å². The molecule has 0 aliphatic rings. The van der Waals surface area contributed by atoms with Crippen LogP contribution in [0.2, 0.25) is 10.0 Å². The first kappa shape index (κ1) is 21.4. The molecule has 0 aliphatic carbocycles. The molecule has 1 atom stereocenters. The van der Waals surface area contributed by atoms with Crippen molar-refractivity contribution in [2.75, 3.05) is 0 Å². The van der Waals surface area contributed by atoms with Crippen LogP contribution in [0.4, 0.5) is 0 Å². The van der Waals surface area contributed by atoms with Gasteiger partial charge in [-0.2, -0.15) is 0 Å². The second-order valence-corrected chi connectivity index (χ2v) is 8.90. The summed E-state index contributed by atoms with van der Waals surface area (Å²) in [6.45, 7) is 1.83. The van der Waals surface area contributed by atoms with Gasteiger partial charge in [0, 0.05) is 15.6 Å². The van der Waals surface area contributed by atoms with Crippen LogP contribution in [-0.2, 0) is 16.6 Å². The summed E-state index contributed by atoms with van der Waals surface area (Å²) in [7, 11) is -3.73. The Morgan fingerprint density at radius 3 is 2.45 bits per heavy atom. The maximum atomic E-state index is 12.5. The van der Waals surface area contributed by atoms with E-state index in [4.69, 9.17) is 27.6 Å². The van der Waals surface area contributed by atoms with E-state index in [1.807, 2.05) is 0 Å². The van der Waals surface area contributed by atoms with Crippen LogP contribution in [0.1, 0.15) is 34.6 Å². The minimum absolute atomic E-state index is 0.0386. The highest BCUT2D eigenvalue weighted by Crippen LogP contribution is 2.26. The summed E-state index contributed by atoms with van der Waals surface area (Å²) in [6.07, 6.45) is 1.47. The van der Waals surface area contributed by atoms with E-state index in [-0.39, 0.29) is 23.4 Å². The number of nitrogens with one attached hydrogen (secondary N) is 2. The van der Waals surface area contributed by atoms with Gasteiger partial charge in [0.15, 0.2) is 0 Å². The quantitative estimate of drug-likeness (QED) is 0.549. The minimum atomic E-state index is -3.73. The van der Waals surface area contributed by atoms with E-state index in [0.717, 1.165) is 5.56 Å². The Hall–Kier alpha value is -2.32. The average Bonchev–Trinajstić information content (AvgIpc) is 3.20. The number of hydrogen-bond acceptors (Lipinski definition) is 4. The number of hydrogen-bond donors (Lipinski definition) is 2. The molecule has 1 aromatic heterocycles. The lowest BCUT2D eigenvalue weighted by Crippen LogP contribution is -2.27. The van der Waals surface area contributed by atoms with Crippen LogP contribution in [0.3, 0.4) is 0 Å². The van der Waals surface area contributed by atoms with Gasteiger partial charge in [0.05, 0.1) is 23.7 Å². The molecule has 3 rings (SSSR count). The van der Waals surface area contributed by atoms with Crippen LogP contribution < -0.4 is 10.0 Å². The predicted octanol–water partition coefficient (Wildman–Crippen LogP) is 4.56. The Labute approximate surface area is 178 Å². The van der Waals surface area contributed by atoms with Gasteiger partial charge in [-0.15, -0.1) is 0 Å². The summed E-state index contributed by atoms with van der Waals surface area (Å²) in [5, 5.41) is 3.79. The van der Waals surface area contributed by atoms with E-state index >= 15 is 0 Å². The van der Waals surface area contributed by atoms with Crippen molar-refractivity contribution in [2.24, 2.45) is 0 Å². The first-order valence-electron chi connectivity index (χ1n) is 8.64. The van der Waals surface area contributed by atoms with Gasteiger partial charge in [-0.1, -0.05) is 29.3 Å². The summed E-state index contributed by atoms with van der Waals surface area (Å²) in [4.78, 5) is 12.5. The third-order valence-corrected chi connectivity index (χ3v) is 6.20. The number of rotatable bonds is 7. The Kier molecular flexibility index (Phi) is 6.64. The van der Waals surface area contributed by atoms with Crippen molar-refractivity contribution >= 4 is 39.1 Å². The van der Waals surface area contributed by atoms with E-state index in [1.54, 1.807) is 37.3 Å². The van der Waals surface area contributed by atoms with E-state index in [0.29, 0.717) is 21.4 Å². The fourth-order valence-electron chi connectivity index (χ4n) is 2.66. The highest BCUT2D eigenvalue weighted by molar-refractivity contribution is 7.89. The number of benzene rings is 2. The van der Waals surface area contributed by atoms with Crippen LogP contribution in [0.25, 0.3) is 0 Å². The number of amides is 1. The predicted molar refractivity (Wildman–Crippen MR) is 112 cm³/mol. The largest absolute Gasteiger partial charge is 0.468 e. The zero-order valence-corrected chi connectivity index (χ0v) is 17.7. The summed E-state index contributed by atoms with van der Waals surface area (Å²) >= 11 is 12.1. The Morgan fingerprint density at radius 1 is 1.10 bits per heavy atom. The van der Waals surface area contributed by atoms with Crippen molar-refractivity contribution in [3.05, 3.63) is 87.8 Å². The third kappa shape index (κ3) is 5.39. The summed E-state index contributed by atoms with van der Waals surface area (Å²) in [5.74, 6) is 0.149. The lowest BCUT2D eigenvalue weighted by molar-refractivity contribution is 0.0940. The molecule has 1 heterocycles. The SMILES string of the molecule is C[C@H](NC(=O)c1ccc(S(=O)(=O)NCc2ccco2)cc1)c1ccc(Cl)cc1Cl. The third-order valence-electron chi connectivity index (χ3n) is 4.22. The molecule has 0 spiro atoms. The zero-order chi connectivity index (χ0) is 21.0. The molecule has 6 nitrogen and oxygen atoms in total. The van der Waals surface area contributed by atoms with Crippen molar-refractivity contribution in [3.63, 3.8) is 0 Å². The molecular formula is C20H18Cl2N2O4S. The van der Waals surface area contributed by atoms with E-state index in [9.17, 15) is 13.2 Å². The van der Waals surface area contributed by atoms with Gasteiger partial charge in [-0.05, 0) is 61.0 Å². The molecule has 2 N–H and O–H groups in total. The maximum absolute atomic E-state index is 12.5. The molecule has 29 heavy (non-hydrogen) atoms. The van der Waals surface area contributed by atoms with Gasteiger partial charge < -0.3 is 9.73 Å². The van der Waals surface area contributed by atoms with Crippen molar-refractivity contribution in [1.29, 1.82) is 0 Å². The van der Waals surface area contributed by atoms with Crippen LogP contribution in [-0.4, -0.2) is 14.3 Å². The lowest BCUT2D eigenvalue weighted by Gasteiger charge is -2.16. The highest BCUT2D eigenvalue weighted by Gasteiger charge is 2.17. The molecule has 152 valence electrons. The van der Waals surface area contributed by atoms with Crippen molar-refractivity contribution < 1.29 is 17.6 Å². The van der Waals surface area contributed by atoms with Crippen LogP contribution in [0.5, 0.6) is 0 Å². The maximum Gasteiger partial charge on any atom is 0.251 e. The Morgan fingerprint density at radius 2 is 1.83 bits per heavy atom. The van der Waals surface area contributed by atoms with Gasteiger partial charge in [-0.3, -0.25) is 4.79 Å². The normalized spacial score (nSPS) is 12.5. The fourth-order valence-corrected chi connectivity index (χ4v) is 4.22. The molecule has 1 amide bonds. The smallest absolute Gasteiger partial charge is 0.251 e. The second kappa shape index (κ2) is 9.00. The van der Waals surface area contributed by atoms with E-state index < -0.39 is 10.0 Å². The van der Waals surface area contributed by atoms with Gasteiger partial charge >= 0.3 is 0 Å². The number of carbonyl (C=O) groups excluding carboxylic acids is 1. The monoisotopic (exact) mass is 452 g/mol. The molecule has 0 bridgehead atoms. The summed E-state index contributed by atoms with van der Waals surface area (Å²) in [6, 6.07) is 13.7. The van der Waals surface area contributed by atoms with Gasteiger partial charge in [0.2, 0.25) is 10.0 Å². The standard InChI is InChI=1S/C20H18Cl2N2O4S/c1-13(18-9-6-15(21)11-19(18)22)24-20(25)14-4-7-17(8-5-14)29(26,27)23-12-16-3-2-10-28-16/h2-11,13,23H,12H2,1H3,(H,24,25)/t13-/m0/s1. The Balaban J connectivity index is 1.66. The van der Waals surface area contributed by atoms with Crippen LogP contribution in [0.15, 0.2) is 70.2 Å². The van der Waals surface area contributed by atoms with E-state index in [1.165, 1.54) is 30.5 Å². The molecule has 2 aromatic carbocycles. The van der Waals surface area contributed by atoms with Crippen molar-refractivity contribution in [1.82, 2.24) is 10.0 Å². The topological polar surface area (TPSA) is 88.4 Å². The Bertz CT molecular complexity index is 1100. The van der Waals surface area contributed by atoms with Gasteiger partial charge in [0.25, 0.3) is 5.91 Å². The highest BCUT2D eigenvalue weighted by atomic mass is 35.5. The minimum Gasteiger partial charge on any atom is -0.468 e. The fraction of sp³-hybridized carbons (Fsp3) is 0.150.